The van der Waals surface area contributed by atoms with E-state index in [9.17, 15) is 17.6 Å². The van der Waals surface area contributed by atoms with Crippen LogP contribution in [0.25, 0.3) is 22.2 Å². The van der Waals surface area contributed by atoms with Crippen molar-refractivity contribution in [2.24, 2.45) is 0 Å². The monoisotopic (exact) mass is 528 g/mol. The topological polar surface area (TPSA) is 113 Å². The Kier molecular flexibility index (Phi) is 7.44. The summed E-state index contributed by atoms with van der Waals surface area (Å²) in [7, 11) is -3.85. The van der Waals surface area contributed by atoms with Crippen LogP contribution in [0.1, 0.15) is 37.6 Å². The van der Waals surface area contributed by atoms with Crippen molar-refractivity contribution in [2.75, 3.05) is 15.8 Å². The van der Waals surface area contributed by atoms with Crippen molar-refractivity contribution in [3.05, 3.63) is 72.1 Å². The molecule has 4 rings (SSSR count). The lowest BCUT2D eigenvalue weighted by atomic mass is 10.1. The Morgan fingerprint density at radius 3 is 2.68 bits per heavy atom. The molecule has 0 bridgehead atoms. The molecule has 11 heteroatoms. The van der Waals surface area contributed by atoms with Crippen LogP contribution in [0.2, 0.25) is 0 Å². The number of amides is 1. The van der Waals surface area contributed by atoms with E-state index in [2.05, 4.69) is 20.0 Å². The molecule has 0 unspecified atom stereocenters. The van der Waals surface area contributed by atoms with Gasteiger partial charge in [0.15, 0.2) is 5.82 Å². The fourth-order valence-corrected chi connectivity index (χ4v) is 4.97. The van der Waals surface area contributed by atoms with E-state index in [4.69, 9.17) is 4.74 Å². The molecule has 2 aromatic carbocycles. The number of pyridine rings is 1. The van der Waals surface area contributed by atoms with Gasteiger partial charge in [0.2, 0.25) is 10.0 Å². The lowest BCUT2D eigenvalue weighted by molar-refractivity contribution is 0.101. The molecule has 0 aliphatic carbocycles. The number of aromatic amines is 1. The van der Waals surface area contributed by atoms with Gasteiger partial charge in [0.1, 0.15) is 22.8 Å². The number of sulfonamides is 1. The average molecular weight is 529 g/mol. The number of hydrogen-bond donors (Lipinski definition) is 3. The zero-order valence-corrected chi connectivity index (χ0v) is 21.2. The molecule has 2 heterocycles. The third kappa shape index (κ3) is 5.88. The third-order valence-corrected chi connectivity index (χ3v) is 6.84. The summed E-state index contributed by atoms with van der Waals surface area (Å²) in [6.45, 7) is 5.51. The van der Waals surface area contributed by atoms with Gasteiger partial charge in [-0.05, 0) is 56.2 Å². The molecular weight excluding hydrogens is 502 g/mol. The van der Waals surface area contributed by atoms with E-state index in [0.717, 1.165) is 23.3 Å². The lowest BCUT2D eigenvalue weighted by Gasteiger charge is -2.12. The molecule has 4 aromatic rings. The van der Waals surface area contributed by atoms with Gasteiger partial charge < -0.3 is 15.0 Å². The molecule has 0 spiro atoms. The first-order chi connectivity index (χ1) is 17.6. The molecule has 194 valence electrons. The van der Waals surface area contributed by atoms with E-state index < -0.39 is 38.8 Å². The van der Waals surface area contributed by atoms with Gasteiger partial charge in [-0.2, -0.15) is 0 Å². The summed E-state index contributed by atoms with van der Waals surface area (Å²) in [5.74, 6) is -3.08. The minimum absolute atomic E-state index is 0.00273. The zero-order valence-electron chi connectivity index (χ0n) is 20.4. The minimum Gasteiger partial charge on any atom is -0.491 e. The Bertz CT molecular complexity index is 1570. The highest BCUT2D eigenvalue weighted by Crippen LogP contribution is 2.32. The molecule has 0 aliphatic heterocycles. The molecule has 0 aliphatic rings. The number of nitrogens with one attached hydrogen (secondary N) is 3. The maximum Gasteiger partial charge on any atom is 0.261 e. The average Bonchev–Trinajstić information content (AvgIpc) is 3.24. The fraction of sp³-hybridized carbons (Fsp3) is 0.231. The number of nitrogens with zero attached hydrogens (tertiary/aromatic N) is 1. The third-order valence-electron chi connectivity index (χ3n) is 5.36. The van der Waals surface area contributed by atoms with Crippen molar-refractivity contribution in [2.45, 2.75) is 33.3 Å². The zero-order chi connectivity index (χ0) is 26.7. The van der Waals surface area contributed by atoms with Crippen LogP contribution >= 0.6 is 0 Å². The number of fused-ring (bicyclic) bond motifs is 1. The van der Waals surface area contributed by atoms with Gasteiger partial charge in [-0.15, -0.1) is 0 Å². The number of rotatable bonds is 9. The lowest BCUT2D eigenvalue weighted by Crippen LogP contribution is -2.20. The van der Waals surface area contributed by atoms with Crippen molar-refractivity contribution in [3.8, 4) is 16.9 Å². The molecule has 0 radical (unpaired) electrons. The van der Waals surface area contributed by atoms with Crippen molar-refractivity contribution >= 4 is 38.3 Å². The second-order valence-corrected chi connectivity index (χ2v) is 10.5. The van der Waals surface area contributed by atoms with Gasteiger partial charge >= 0.3 is 0 Å². The first-order valence-corrected chi connectivity index (χ1v) is 13.3. The number of anilines is 2. The first-order valence-electron chi connectivity index (χ1n) is 11.6. The normalized spacial score (nSPS) is 11.6. The number of carbonyl (C=O) groups is 1. The molecule has 0 fully saturated rings. The Morgan fingerprint density at radius 2 is 1.95 bits per heavy atom. The summed E-state index contributed by atoms with van der Waals surface area (Å²) in [4.78, 5) is 20.2. The fourth-order valence-electron chi connectivity index (χ4n) is 3.84. The Balaban J connectivity index is 1.64. The van der Waals surface area contributed by atoms with Crippen LogP contribution in [0.15, 0.2) is 54.9 Å². The van der Waals surface area contributed by atoms with Crippen LogP contribution in [0, 0.1) is 11.6 Å². The molecule has 3 N–H and O–H groups in total. The van der Waals surface area contributed by atoms with Crippen molar-refractivity contribution in [1.29, 1.82) is 0 Å². The quantitative estimate of drug-likeness (QED) is 0.258. The largest absolute Gasteiger partial charge is 0.491 e. The van der Waals surface area contributed by atoms with E-state index in [0.29, 0.717) is 23.2 Å². The van der Waals surface area contributed by atoms with Crippen LogP contribution in [-0.2, 0) is 10.0 Å². The highest BCUT2D eigenvalue weighted by atomic mass is 32.2. The molecule has 8 nitrogen and oxygen atoms in total. The molecule has 1 amide bonds. The Labute approximate surface area is 213 Å². The molecule has 0 saturated heterocycles. The van der Waals surface area contributed by atoms with Crippen molar-refractivity contribution in [1.82, 2.24) is 9.97 Å². The van der Waals surface area contributed by atoms with Gasteiger partial charge in [-0.1, -0.05) is 19.1 Å². The van der Waals surface area contributed by atoms with Gasteiger partial charge in [-0.25, -0.2) is 22.2 Å². The first kappa shape index (κ1) is 26.1. The van der Waals surface area contributed by atoms with Crippen LogP contribution in [0.4, 0.5) is 20.2 Å². The Morgan fingerprint density at radius 1 is 1.16 bits per heavy atom. The summed E-state index contributed by atoms with van der Waals surface area (Å²) in [5, 5.41) is 3.12. The number of H-pyrrole nitrogens is 1. The number of benzene rings is 2. The molecule has 0 saturated carbocycles. The van der Waals surface area contributed by atoms with Crippen LogP contribution in [0.3, 0.4) is 0 Å². The summed E-state index contributed by atoms with van der Waals surface area (Å²) in [5.41, 5.74) is 0.961. The summed E-state index contributed by atoms with van der Waals surface area (Å²) in [6.07, 6.45) is 3.42. The van der Waals surface area contributed by atoms with Crippen LogP contribution in [-0.4, -0.2) is 36.1 Å². The van der Waals surface area contributed by atoms with E-state index in [1.807, 2.05) is 38.1 Å². The predicted octanol–water partition coefficient (Wildman–Crippen LogP) is 5.70. The van der Waals surface area contributed by atoms with Crippen molar-refractivity contribution in [3.63, 3.8) is 0 Å². The standard InChI is InChI=1S/C26H26F2N4O4S/c1-4-10-37(34,35)32-22-9-8-21(27)23(24(22)28)26(33)31-17-12-19-20(14-30-25(19)29-13-17)16-6-5-7-18(11-16)36-15(2)3/h5-9,11-15,32H,4,10H2,1-3H3,(H,29,30)(H,31,33). The van der Waals surface area contributed by atoms with E-state index in [1.54, 1.807) is 19.2 Å². The summed E-state index contributed by atoms with van der Waals surface area (Å²) < 4.78 is 61.4. The SMILES string of the molecule is CCCS(=O)(=O)Nc1ccc(F)c(C(=O)Nc2cnc3[nH]cc(-c4cccc(OC(C)C)c4)c3c2)c1F. The second-order valence-electron chi connectivity index (χ2n) is 8.68. The number of hydrogen-bond acceptors (Lipinski definition) is 5. The van der Waals surface area contributed by atoms with Crippen molar-refractivity contribution < 1.29 is 26.7 Å². The number of aromatic nitrogens is 2. The number of ether oxygens (including phenoxy) is 1. The Hall–Kier alpha value is -3.99. The van der Waals surface area contributed by atoms with Crippen LogP contribution in [0.5, 0.6) is 5.75 Å². The van der Waals surface area contributed by atoms with E-state index >= 15 is 4.39 Å². The molecule has 37 heavy (non-hydrogen) atoms. The summed E-state index contributed by atoms with van der Waals surface area (Å²) >= 11 is 0. The maximum absolute atomic E-state index is 15.0. The van der Waals surface area contributed by atoms with Gasteiger partial charge in [0.05, 0.1) is 29.4 Å². The second kappa shape index (κ2) is 10.6. The maximum atomic E-state index is 15.0. The van der Waals surface area contributed by atoms with Crippen LogP contribution < -0.4 is 14.8 Å². The van der Waals surface area contributed by atoms with Gasteiger partial charge in [0.25, 0.3) is 5.91 Å². The molecular formula is C26H26F2N4O4S. The highest BCUT2D eigenvalue weighted by molar-refractivity contribution is 7.92. The van der Waals surface area contributed by atoms with E-state index in [-0.39, 0.29) is 17.5 Å². The van der Waals surface area contributed by atoms with E-state index in [1.165, 1.54) is 6.20 Å². The summed E-state index contributed by atoms with van der Waals surface area (Å²) in [6, 6.07) is 10.9. The highest BCUT2D eigenvalue weighted by Gasteiger charge is 2.23. The predicted molar refractivity (Wildman–Crippen MR) is 139 cm³/mol. The van der Waals surface area contributed by atoms with Gasteiger partial charge in [0, 0.05) is 17.1 Å². The number of halogens is 2. The molecule has 0 atom stereocenters. The minimum atomic E-state index is -3.85. The number of carbonyl (C=O) groups excluding carboxylic acids is 1. The molecule has 2 aromatic heterocycles. The smallest absolute Gasteiger partial charge is 0.261 e. The van der Waals surface area contributed by atoms with Gasteiger partial charge in [-0.3, -0.25) is 9.52 Å².